The molecule has 0 bridgehead atoms. The average Bonchev–Trinajstić information content (AvgIpc) is 2.53. The van der Waals surface area contributed by atoms with Crippen LogP contribution in [0.5, 0.6) is 0 Å². The lowest BCUT2D eigenvalue weighted by Crippen LogP contribution is -2.49. The predicted octanol–water partition coefficient (Wildman–Crippen LogP) is 2.65. The van der Waals surface area contributed by atoms with Crippen molar-refractivity contribution >= 4 is 23.5 Å². The number of benzene rings is 1. The average molecular weight is 324 g/mol. The van der Waals surface area contributed by atoms with Gasteiger partial charge in [-0.25, -0.2) is 4.79 Å². The first-order valence-electron chi connectivity index (χ1n) is 7.70. The monoisotopic (exact) mass is 323 g/mol. The summed E-state index contributed by atoms with van der Waals surface area (Å²) in [6, 6.07) is 7.08. The van der Waals surface area contributed by atoms with Gasteiger partial charge < -0.3 is 15.5 Å². The molecule has 0 atom stereocenters. The number of carbonyl (C=O) groups is 2. The van der Waals surface area contributed by atoms with Crippen LogP contribution in [-0.4, -0.2) is 42.5 Å². The molecular formula is C16H22ClN3O2. The second-order valence-corrected chi connectivity index (χ2v) is 5.85. The van der Waals surface area contributed by atoms with Gasteiger partial charge in [0.15, 0.2) is 0 Å². The van der Waals surface area contributed by atoms with Crippen LogP contribution in [-0.2, 0) is 0 Å². The summed E-state index contributed by atoms with van der Waals surface area (Å²) < 4.78 is 0. The van der Waals surface area contributed by atoms with Crippen molar-refractivity contribution in [2.24, 2.45) is 0 Å². The molecule has 0 unspecified atom stereocenters. The van der Waals surface area contributed by atoms with Gasteiger partial charge >= 0.3 is 6.03 Å². The number of halogens is 1. The Balaban J connectivity index is 1.81. The number of rotatable bonds is 4. The summed E-state index contributed by atoms with van der Waals surface area (Å²) in [5.74, 6) is -0.153. The van der Waals surface area contributed by atoms with Gasteiger partial charge in [0.05, 0.1) is 10.6 Å². The second-order valence-electron chi connectivity index (χ2n) is 5.45. The topological polar surface area (TPSA) is 61.4 Å². The van der Waals surface area contributed by atoms with Crippen molar-refractivity contribution < 1.29 is 9.59 Å². The number of nitrogens with one attached hydrogen (secondary N) is 2. The van der Waals surface area contributed by atoms with Crippen molar-refractivity contribution in [2.45, 2.75) is 32.2 Å². The van der Waals surface area contributed by atoms with E-state index >= 15 is 0 Å². The van der Waals surface area contributed by atoms with Gasteiger partial charge in [-0.15, -0.1) is 0 Å². The molecule has 1 aliphatic heterocycles. The van der Waals surface area contributed by atoms with Gasteiger partial charge in [-0.1, -0.05) is 30.7 Å². The molecule has 6 heteroatoms. The highest BCUT2D eigenvalue weighted by molar-refractivity contribution is 6.33. The van der Waals surface area contributed by atoms with E-state index in [-0.39, 0.29) is 18.0 Å². The Bertz CT molecular complexity index is 528. The lowest BCUT2D eigenvalue weighted by atomic mass is 10.0. The third kappa shape index (κ3) is 4.37. The van der Waals surface area contributed by atoms with E-state index in [0.717, 1.165) is 19.3 Å². The first kappa shape index (κ1) is 16.6. The van der Waals surface area contributed by atoms with Gasteiger partial charge in [0, 0.05) is 25.7 Å². The molecule has 0 aliphatic carbocycles. The molecule has 3 amide bonds. The highest BCUT2D eigenvalue weighted by Gasteiger charge is 2.24. The predicted molar refractivity (Wildman–Crippen MR) is 87.2 cm³/mol. The number of nitrogens with zero attached hydrogens (tertiary/aromatic N) is 1. The first-order chi connectivity index (χ1) is 10.6. The van der Waals surface area contributed by atoms with Crippen LogP contribution < -0.4 is 10.6 Å². The van der Waals surface area contributed by atoms with Crippen LogP contribution in [0.15, 0.2) is 24.3 Å². The third-order valence-corrected chi connectivity index (χ3v) is 4.09. The van der Waals surface area contributed by atoms with E-state index in [0.29, 0.717) is 30.2 Å². The molecular weight excluding hydrogens is 302 g/mol. The minimum absolute atomic E-state index is 0.0160. The van der Waals surface area contributed by atoms with E-state index in [1.54, 1.807) is 29.2 Å². The number of amides is 3. The number of hydrogen-bond donors (Lipinski definition) is 2. The number of piperidine rings is 1. The Morgan fingerprint density at radius 1 is 1.27 bits per heavy atom. The molecule has 22 heavy (non-hydrogen) atoms. The summed E-state index contributed by atoms with van der Waals surface area (Å²) in [4.78, 5) is 25.9. The van der Waals surface area contributed by atoms with Gasteiger partial charge in [0.25, 0.3) is 5.91 Å². The summed E-state index contributed by atoms with van der Waals surface area (Å²) in [7, 11) is 0. The van der Waals surface area contributed by atoms with Gasteiger partial charge in [0.1, 0.15) is 0 Å². The van der Waals surface area contributed by atoms with Crippen molar-refractivity contribution in [3.63, 3.8) is 0 Å². The van der Waals surface area contributed by atoms with Crippen LogP contribution >= 0.6 is 11.6 Å². The quantitative estimate of drug-likeness (QED) is 0.895. The number of urea groups is 1. The maximum Gasteiger partial charge on any atom is 0.317 e. The van der Waals surface area contributed by atoms with Gasteiger partial charge in [-0.05, 0) is 31.4 Å². The Morgan fingerprint density at radius 2 is 1.95 bits per heavy atom. The molecule has 1 saturated heterocycles. The second kappa shape index (κ2) is 8.03. The maximum atomic E-state index is 12.2. The zero-order chi connectivity index (χ0) is 15.9. The van der Waals surface area contributed by atoms with Crippen LogP contribution in [0.3, 0.4) is 0 Å². The van der Waals surface area contributed by atoms with Crippen molar-refractivity contribution in [2.75, 3.05) is 19.6 Å². The van der Waals surface area contributed by atoms with Gasteiger partial charge in [0.2, 0.25) is 0 Å². The molecule has 0 radical (unpaired) electrons. The van der Waals surface area contributed by atoms with Gasteiger partial charge in [-0.2, -0.15) is 0 Å². The maximum absolute atomic E-state index is 12.2. The van der Waals surface area contributed by atoms with Crippen LogP contribution in [0, 0.1) is 0 Å². The molecule has 1 aromatic rings. The Hall–Kier alpha value is -1.75. The Labute approximate surface area is 136 Å². The summed E-state index contributed by atoms with van der Waals surface area (Å²) in [5.41, 5.74) is 0.493. The molecule has 1 fully saturated rings. The fraction of sp³-hybridized carbons (Fsp3) is 0.500. The van der Waals surface area contributed by atoms with E-state index in [1.807, 2.05) is 6.92 Å². The molecule has 120 valence electrons. The highest BCUT2D eigenvalue weighted by atomic mass is 35.5. The van der Waals surface area contributed by atoms with E-state index in [2.05, 4.69) is 10.6 Å². The molecule has 0 saturated carbocycles. The minimum Gasteiger partial charge on any atom is -0.349 e. The van der Waals surface area contributed by atoms with E-state index < -0.39 is 0 Å². The molecule has 1 aliphatic rings. The van der Waals surface area contributed by atoms with Crippen LogP contribution in [0.2, 0.25) is 5.02 Å². The minimum atomic E-state index is -0.153. The Kier molecular flexibility index (Phi) is 6.07. The van der Waals surface area contributed by atoms with Gasteiger partial charge in [-0.3, -0.25) is 4.79 Å². The molecule has 1 heterocycles. The molecule has 0 spiro atoms. The fourth-order valence-corrected chi connectivity index (χ4v) is 2.70. The molecule has 1 aromatic carbocycles. The molecule has 2 N–H and O–H groups in total. The van der Waals surface area contributed by atoms with Crippen LogP contribution in [0.25, 0.3) is 0 Å². The number of likely N-dealkylation sites (tertiary alicyclic amines) is 1. The lowest BCUT2D eigenvalue weighted by Gasteiger charge is -2.32. The molecule has 0 aromatic heterocycles. The normalized spacial score (nSPS) is 15.5. The van der Waals surface area contributed by atoms with Crippen molar-refractivity contribution in [3.05, 3.63) is 34.9 Å². The van der Waals surface area contributed by atoms with Crippen molar-refractivity contribution in [3.8, 4) is 0 Å². The smallest absolute Gasteiger partial charge is 0.317 e. The van der Waals surface area contributed by atoms with Crippen molar-refractivity contribution in [1.29, 1.82) is 0 Å². The van der Waals surface area contributed by atoms with Crippen LogP contribution in [0.4, 0.5) is 4.79 Å². The zero-order valence-corrected chi connectivity index (χ0v) is 13.5. The fourth-order valence-electron chi connectivity index (χ4n) is 2.48. The van der Waals surface area contributed by atoms with E-state index in [4.69, 9.17) is 11.6 Å². The lowest BCUT2D eigenvalue weighted by molar-refractivity contribution is 0.0918. The summed E-state index contributed by atoms with van der Waals surface area (Å²) >= 11 is 6.03. The zero-order valence-electron chi connectivity index (χ0n) is 12.8. The highest BCUT2D eigenvalue weighted by Crippen LogP contribution is 2.16. The SMILES string of the molecule is CCCNC(=O)N1CCC(NC(=O)c2ccccc2Cl)CC1. The standard InChI is InChI=1S/C16H22ClN3O2/c1-2-9-18-16(22)20-10-7-12(8-11-20)19-15(21)13-5-3-4-6-14(13)17/h3-6,12H,2,7-11H2,1H3,(H,18,22)(H,19,21). The number of carbonyl (C=O) groups excluding carboxylic acids is 2. The first-order valence-corrected chi connectivity index (χ1v) is 8.07. The third-order valence-electron chi connectivity index (χ3n) is 3.76. The summed E-state index contributed by atoms with van der Waals surface area (Å²) in [5, 5.41) is 6.33. The Morgan fingerprint density at radius 3 is 2.59 bits per heavy atom. The molecule has 5 nitrogen and oxygen atoms in total. The summed E-state index contributed by atoms with van der Waals surface area (Å²) in [6.07, 6.45) is 2.45. The molecule has 2 rings (SSSR count). The van der Waals surface area contributed by atoms with E-state index in [9.17, 15) is 9.59 Å². The summed E-state index contributed by atoms with van der Waals surface area (Å²) in [6.45, 7) is 4.03. The number of hydrogen-bond acceptors (Lipinski definition) is 2. The van der Waals surface area contributed by atoms with Crippen LogP contribution in [0.1, 0.15) is 36.5 Å². The van der Waals surface area contributed by atoms with E-state index in [1.165, 1.54) is 0 Å². The van der Waals surface area contributed by atoms with Crippen molar-refractivity contribution in [1.82, 2.24) is 15.5 Å². The largest absolute Gasteiger partial charge is 0.349 e.